The van der Waals surface area contributed by atoms with Gasteiger partial charge in [-0.15, -0.1) is 5.73 Å². The molecule has 0 aliphatic carbocycles. The summed E-state index contributed by atoms with van der Waals surface area (Å²) in [5.74, 6) is 0.250. The molecule has 0 radical (unpaired) electrons. The van der Waals surface area contributed by atoms with Gasteiger partial charge in [-0.2, -0.15) is 0 Å². The second kappa shape index (κ2) is 8.35. The SMILES string of the molecule is C=C=C(/C(C(=C)C)=C(C)/C=C(/C)N=C)C(CC)C(=C)C. The van der Waals surface area contributed by atoms with Crippen molar-refractivity contribution >= 4 is 6.72 Å². The van der Waals surface area contributed by atoms with Gasteiger partial charge in [0.25, 0.3) is 0 Å². The Balaban J connectivity index is 6.12. The number of allylic oxidation sites excluding steroid dienone is 7. The third kappa shape index (κ3) is 4.68. The summed E-state index contributed by atoms with van der Waals surface area (Å²) >= 11 is 0. The Kier molecular flexibility index (Phi) is 7.57. The molecular weight excluding hydrogens is 242 g/mol. The van der Waals surface area contributed by atoms with E-state index in [-0.39, 0.29) is 5.92 Å². The van der Waals surface area contributed by atoms with Gasteiger partial charge < -0.3 is 0 Å². The van der Waals surface area contributed by atoms with Crippen molar-refractivity contribution in [1.82, 2.24) is 0 Å². The second-order valence-electron chi connectivity index (χ2n) is 5.18. The number of hydrogen-bond donors (Lipinski definition) is 0. The van der Waals surface area contributed by atoms with Crippen LogP contribution in [0.25, 0.3) is 0 Å². The van der Waals surface area contributed by atoms with Gasteiger partial charge in [-0.1, -0.05) is 32.2 Å². The van der Waals surface area contributed by atoms with Crippen LogP contribution >= 0.6 is 0 Å². The van der Waals surface area contributed by atoms with E-state index in [0.29, 0.717) is 0 Å². The average molecular weight is 269 g/mol. The number of nitrogens with zero attached hydrogens (tertiary/aromatic N) is 1. The number of rotatable bonds is 7. The maximum atomic E-state index is 4.10. The normalized spacial score (nSPS) is 13.9. The summed E-state index contributed by atoms with van der Waals surface area (Å²) in [6.07, 6.45) is 2.99. The summed E-state index contributed by atoms with van der Waals surface area (Å²) in [5.41, 5.74) is 9.37. The molecule has 0 heterocycles. The van der Waals surface area contributed by atoms with Crippen molar-refractivity contribution in [2.75, 3.05) is 0 Å². The third-order valence-corrected chi connectivity index (χ3v) is 3.31. The first-order chi connectivity index (χ1) is 9.29. The molecular formula is C19H27N. The molecule has 0 rings (SSSR count). The van der Waals surface area contributed by atoms with E-state index in [1.165, 1.54) is 0 Å². The first-order valence-electron chi connectivity index (χ1n) is 6.87. The Labute approximate surface area is 124 Å². The van der Waals surface area contributed by atoms with Crippen molar-refractivity contribution < 1.29 is 0 Å². The average Bonchev–Trinajstić information content (AvgIpc) is 2.36. The van der Waals surface area contributed by atoms with Gasteiger partial charge in [-0.05, 0) is 63.6 Å². The highest BCUT2D eigenvalue weighted by Gasteiger charge is 2.18. The van der Waals surface area contributed by atoms with Crippen molar-refractivity contribution in [3.63, 3.8) is 0 Å². The van der Waals surface area contributed by atoms with Gasteiger partial charge in [0.05, 0.1) is 0 Å². The first-order valence-corrected chi connectivity index (χ1v) is 6.87. The predicted molar refractivity (Wildman–Crippen MR) is 92.1 cm³/mol. The van der Waals surface area contributed by atoms with E-state index in [4.69, 9.17) is 0 Å². The fourth-order valence-electron chi connectivity index (χ4n) is 2.39. The lowest BCUT2D eigenvalue weighted by atomic mass is 9.82. The van der Waals surface area contributed by atoms with Gasteiger partial charge in [-0.3, -0.25) is 4.99 Å². The van der Waals surface area contributed by atoms with Gasteiger partial charge in [0.15, 0.2) is 0 Å². The van der Waals surface area contributed by atoms with Crippen molar-refractivity contribution in [2.45, 2.75) is 41.0 Å². The summed E-state index contributed by atoms with van der Waals surface area (Å²) in [6, 6.07) is 0. The fourth-order valence-corrected chi connectivity index (χ4v) is 2.39. The van der Waals surface area contributed by atoms with Crippen LogP contribution in [0.2, 0.25) is 0 Å². The number of hydrogen-bond acceptors (Lipinski definition) is 1. The Morgan fingerprint density at radius 2 is 1.75 bits per heavy atom. The lowest BCUT2D eigenvalue weighted by Gasteiger charge is -2.22. The van der Waals surface area contributed by atoms with Crippen LogP contribution in [-0.4, -0.2) is 6.72 Å². The highest BCUT2D eigenvalue weighted by molar-refractivity contribution is 5.53. The molecule has 108 valence electrons. The molecule has 0 aromatic rings. The Bertz CT molecular complexity index is 520. The van der Waals surface area contributed by atoms with Crippen molar-refractivity contribution in [1.29, 1.82) is 0 Å². The third-order valence-electron chi connectivity index (χ3n) is 3.31. The molecule has 1 unspecified atom stereocenters. The minimum atomic E-state index is 0.250. The van der Waals surface area contributed by atoms with Crippen LogP contribution in [0, 0.1) is 5.92 Å². The molecule has 0 bridgehead atoms. The quantitative estimate of drug-likeness (QED) is 0.240. The summed E-state index contributed by atoms with van der Waals surface area (Å²) < 4.78 is 0. The molecule has 0 aliphatic heterocycles. The Morgan fingerprint density at radius 1 is 1.20 bits per heavy atom. The van der Waals surface area contributed by atoms with Crippen LogP contribution in [0.1, 0.15) is 41.0 Å². The fraction of sp³-hybridized carbons (Fsp3) is 0.368. The van der Waals surface area contributed by atoms with E-state index in [0.717, 1.165) is 40.0 Å². The topological polar surface area (TPSA) is 12.4 Å². The van der Waals surface area contributed by atoms with Gasteiger partial charge >= 0.3 is 0 Å². The zero-order valence-corrected chi connectivity index (χ0v) is 13.6. The van der Waals surface area contributed by atoms with E-state index in [2.05, 4.69) is 51.0 Å². The minimum absolute atomic E-state index is 0.250. The van der Waals surface area contributed by atoms with Crippen molar-refractivity contribution in [2.24, 2.45) is 10.9 Å². The standard InChI is InChI=1S/C19H27N/c1-10-17(13(3)4)18(11-2)19(14(5)6)15(7)12-16(8)20-9/h12,17H,2-3,5,9-10H2,1,4,6-8H3/b16-12-,19-15+. The maximum absolute atomic E-state index is 4.10. The molecule has 20 heavy (non-hydrogen) atoms. The molecule has 0 aromatic carbocycles. The van der Waals surface area contributed by atoms with Crippen LogP contribution in [0.4, 0.5) is 0 Å². The Hall–Kier alpha value is -1.85. The summed E-state index contributed by atoms with van der Waals surface area (Å²) in [4.78, 5) is 3.94. The highest BCUT2D eigenvalue weighted by Crippen LogP contribution is 2.33. The molecule has 0 aliphatic rings. The van der Waals surface area contributed by atoms with Crippen molar-refractivity contribution in [3.05, 3.63) is 65.1 Å². The number of aliphatic imine (C=N–C) groups is 1. The zero-order valence-electron chi connectivity index (χ0n) is 13.6. The molecule has 0 fully saturated rings. The molecule has 0 spiro atoms. The largest absolute Gasteiger partial charge is 0.269 e. The summed E-state index contributed by atoms with van der Waals surface area (Å²) in [7, 11) is 0. The van der Waals surface area contributed by atoms with E-state index >= 15 is 0 Å². The zero-order chi connectivity index (χ0) is 15.9. The Morgan fingerprint density at radius 3 is 2.05 bits per heavy atom. The van der Waals surface area contributed by atoms with Crippen LogP contribution in [-0.2, 0) is 0 Å². The smallest absolute Gasteiger partial charge is 0.0368 e. The highest BCUT2D eigenvalue weighted by atomic mass is 14.7. The molecule has 1 atom stereocenters. The van der Waals surface area contributed by atoms with Gasteiger partial charge in [0.1, 0.15) is 0 Å². The first kappa shape index (κ1) is 18.1. The maximum Gasteiger partial charge on any atom is 0.0368 e. The van der Waals surface area contributed by atoms with Crippen LogP contribution in [0.15, 0.2) is 70.1 Å². The molecule has 0 saturated heterocycles. The summed E-state index contributed by atoms with van der Waals surface area (Å²) in [6.45, 7) is 25.8. The van der Waals surface area contributed by atoms with Gasteiger partial charge in [-0.25, -0.2) is 0 Å². The lowest BCUT2D eigenvalue weighted by molar-refractivity contribution is 0.694. The molecule has 0 N–H and O–H groups in total. The molecule has 1 heteroatoms. The van der Waals surface area contributed by atoms with Crippen LogP contribution in [0.5, 0.6) is 0 Å². The molecule has 0 saturated carbocycles. The lowest BCUT2D eigenvalue weighted by Crippen LogP contribution is -2.08. The predicted octanol–water partition coefficient (Wildman–Crippen LogP) is 5.80. The molecule has 0 aromatic heterocycles. The van der Waals surface area contributed by atoms with Crippen molar-refractivity contribution in [3.8, 4) is 0 Å². The van der Waals surface area contributed by atoms with Crippen LogP contribution < -0.4 is 0 Å². The van der Waals surface area contributed by atoms with E-state index in [1.54, 1.807) is 0 Å². The minimum Gasteiger partial charge on any atom is -0.269 e. The molecule has 1 nitrogen and oxygen atoms in total. The van der Waals surface area contributed by atoms with E-state index < -0.39 is 0 Å². The molecule has 0 amide bonds. The second-order valence-corrected chi connectivity index (χ2v) is 5.18. The monoisotopic (exact) mass is 269 g/mol. The summed E-state index contributed by atoms with van der Waals surface area (Å²) in [5, 5.41) is 0. The van der Waals surface area contributed by atoms with Gasteiger partial charge in [0.2, 0.25) is 0 Å². The van der Waals surface area contributed by atoms with E-state index in [1.807, 2.05) is 26.8 Å². The van der Waals surface area contributed by atoms with Crippen LogP contribution in [0.3, 0.4) is 0 Å². The van der Waals surface area contributed by atoms with E-state index in [9.17, 15) is 0 Å². The van der Waals surface area contributed by atoms with Gasteiger partial charge in [0, 0.05) is 17.2 Å².